The Balaban J connectivity index is 1.35. The zero-order valence-electron chi connectivity index (χ0n) is 20.8. The fourth-order valence-corrected chi connectivity index (χ4v) is 5.19. The van der Waals surface area contributed by atoms with Crippen LogP contribution in [0.5, 0.6) is 0 Å². The van der Waals surface area contributed by atoms with E-state index in [9.17, 15) is 9.90 Å². The number of hydrogen-bond donors (Lipinski definition) is 2. The van der Waals surface area contributed by atoms with E-state index in [4.69, 9.17) is 9.31 Å². The summed E-state index contributed by atoms with van der Waals surface area (Å²) >= 11 is 0. The number of rotatable bonds is 4. The molecule has 1 aromatic heterocycles. The van der Waals surface area contributed by atoms with Crippen molar-refractivity contribution >= 4 is 24.2 Å². The molecule has 2 saturated heterocycles. The molecular formula is C25H35BN4O4. The van der Waals surface area contributed by atoms with Gasteiger partial charge >= 0.3 is 7.12 Å². The first kappa shape index (κ1) is 23.5. The van der Waals surface area contributed by atoms with Crippen molar-refractivity contribution in [3.63, 3.8) is 0 Å². The number of aryl methyl sites for hydroxylation is 1. The third-order valence-corrected chi connectivity index (χ3v) is 8.00. The maximum Gasteiger partial charge on any atom is 0.495 e. The Hall–Kier alpha value is -2.20. The van der Waals surface area contributed by atoms with Crippen molar-refractivity contribution in [3.05, 3.63) is 41.2 Å². The SMILES string of the molecule is Cc1c(NC(=O)c2cc3n(n2)CCC[C@@H]3N2CC[C@@H](O)C2)cccc1B1OC(C)(C)C(C)(C)O1. The summed E-state index contributed by atoms with van der Waals surface area (Å²) in [5.74, 6) is -0.226. The lowest BCUT2D eigenvalue weighted by molar-refractivity contribution is 0.00578. The maximum atomic E-state index is 13.2. The van der Waals surface area contributed by atoms with Gasteiger partial charge in [0.1, 0.15) is 0 Å². The van der Waals surface area contributed by atoms with Crippen molar-refractivity contribution in [2.45, 2.75) is 83.8 Å². The van der Waals surface area contributed by atoms with Crippen molar-refractivity contribution in [1.29, 1.82) is 0 Å². The molecule has 0 bridgehead atoms. The second-order valence-electron chi connectivity index (χ2n) is 10.8. The second-order valence-corrected chi connectivity index (χ2v) is 10.8. The minimum absolute atomic E-state index is 0.202. The number of anilines is 1. The molecule has 182 valence electrons. The lowest BCUT2D eigenvalue weighted by Crippen LogP contribution is -2.41. The van der Waals surface area contributed by atoms with Gasteiger partial charge in [0.05, 0.1) is 29.0 Å². The summed E-state index contributed by atoms with van der Waals surface area (Å²) < 4.78 is 14.4. The van der Waals surface area contributed by atoms with Gasteiger partial charge in [0.15, 0.2) is 5.69 Å². The van der Waals surface area contributed by atoms with Crippen molar-refractivity contribution in [1.82, 2.24) is 14.7 Å². The minimum atomic E-state index is -0.488. The molecule has 0 saturated carbocycles. The van der Waals surface area contributed by atoms with Crippen LogP contribution < -0.4 is 10.8 Å². The molecule has 0 spiro atoms. The second kappa shape index (κ2) is 8.48. The fraction of sp³-hybridized carbons (Fsp3) is 0.600. The lowest BCUT2D eigenvalue weighted by atomic mass is 9.76. The summed E-state index contributed by atoms with van der Waals surface area (Å²) in [5.41, 5.74) is 3.18. The Morgan fingerprint density at radius 1 is 1.18 bits per heavy atom. The molecule has 3 aliphatic rings. The predicted octanol–water partition coefficient (Wildman–Crippen LogP) is 2.64. The summed E-state index contributed by atoms with van der Waals surface area (Å²) in [6.07, 6.45) is 2.58. The fourth-order valence-electron chi connectivity index (χ4n) is 5.19. The quantitative estimate of drug-likeness (QED) is 0.674. The molecule has 2 aromatic rings. The third kappa shape index (κ3) is 4.09. The molecule has 0 aliphatic carbocycles. The van der Waals surface area contributed by atoms with Crippen LogP contribution in [0.2, 0.25) is 0 Å². The Labute approximate surface area is 201 Å². The molecule has 0 unspecified atom stereocenters. The topological polar surface area (TPSA) is 88.9 Å². The van der Waals surface area contributed by atoms with Crippen molar-refractivity contribution < 1.29 is 19.2 Å². The number of fused-ring (bicyclic) bond motifs is 1. The first-order chi connectivity index (χ1) is 16.1. The maximum absolute atomic E-state index is 13.2. The molecule has 1 aromatic carbocycles. The number of aliphatic hydroxyl groups is 1. The van der Waals surface area contributed by atoms with E-state index >= 15 is 0 Å². The number of hydrogen-bond acceptors (Lipinski definition) is 6. The Bertz CT molecular complexity index is 1080. The van der Waals surface area contributed by atoms with Crippen LogP contribution >= 0.6 is 0 Å². The number of benzene rings is 1. The van der Waals surface area contributed by atoms with E-state index in [1.165, 1.54) is 0 Å². The zero-order chi connectivity index (χ0) is 24.3. The molecular weight excluding hydrogens is 431 g/mol. The standard InChI is InChI=1S/C25H35BN4O4/c1-16-18(26-33-24(2,3)25(4,5)34-26)8-6-9-19(16)27-23(32)20-14-22-21(10-7-12-30(22)28-20)29-13-11-17(31)15-29/h6,8-9,14,17,21,31H,7,10-13,15H2,1-5H3,(H,27,32)/t17-,21+/m1/s1. The highest BCUT2D eigenvalue weighted by molar-refractivity contribution is 6.62. The van der Waals surface area contributed by atoms with Gasteiger partial charge in [0.25, 0.3) is 5.91 Å². The van der Waals surface area contributed by atoms with E-state index in [0.717, 1.165) is 54.8 Å². The smallest absolute Gasteiger partial charge is 0.399 e. The Morgan fingerprint density at radius 3 is 2.59 bits per heavy atom. The number of aromatic nitrogens is 2. The zero-order valence-corrected chi connectivity index (χ0v) is 20.8. The number of nitrogens with one attached hydrogen (secondary N) is 1. The Kier molecular flexibility index (Phi) is 5.87. The number of likely N-dealkylation sites (tertiary alicyclic amines) is 1. The van der Waals surface area contributed by atoms with Crippen molar-refractivity contribution in [2.75, 3.05) is 18.4 Å². The van der Waals surface area contributed by atoms with Crippen LogP contribution in [0.25, 0.3) is 0 Å². The van der Waals surface area contributed by atoms with Gasteiger partial charge < -0.3 is 19.7 Å². The number of aliphatic hydroxyl groups excluding tert-OH is 1. The number of β-amino-alcohol motifs (C(OH)–C–C–N with tert-alkyl or cyclic N) is 1. The van der Waals surface area contributed by atoms with Gasteiger partial charge in [-0.15, -0.1) is 0 Å². The van der Waals surface area contributed by atoms with Gasteiger partial charge in [0.2, 0.25) is 0 Å². The number of carbonyl (C=O) groups is 1. The van der Waals surface area contributed by atoms with Crippen LogP contribution in [0.4, 0.5) is 5.69 Å². The lowest BCUT2D eigenvalue weighted by Gasteiger charge is -2.32. The summed E-state index contributed by atoms with van der Waals surface area (Å²) in [6.45, 7) is 12.5. The van der Waals surface area contributed by atoms with Crippen molar-refractivity contribution in [3.8, 4) is 0 Å². The number of carbonyl (C=O) groups excluding carboxylic acids is 1. The monoisotopic (exact) mass is 466 g/mol. The number of nitrogens with zero attached hydrogens (tertiary/aromatic N) is 3. The van der Waals surface area contributed by atoms with Gasteiger partial charge in [-0.3, -0.25) is 14.4 Å². The third-order valence-electron chi connectivity index (χ3n) is 8.00. The van der Waals surface area contributed by atoms with Gasteiger partial charge in [-0.1, -0.05) is 12.1 Å². The normalized spacial score (nSPS) is 26.0. The molecule has 2 fully saturated rings. The van der Waals surface area contributed by atoms with Gasteiger partial charge in [-0.25, -0.2) is 0 Å². The van der Waals surface area contributed by atoms with Crippen LogP contribution in [0.1, 0.15) is 74.7 Å². The van der Waals surface area contributed by atoms with E-state index in [1.54, 1.807) is 0 Å². The summed E-state index contributed by atoms with van der Waals surface area (Å²) in [4.78, 5) is 15.5. The van der Waals surface area contributed by atoms with Gasteiger partial charge in [-0.2, -0.15) is 5.10 Å². The van der Waals surface area contributed by atoms with E-state index in [2.05, 4.69) is 15.3 Å². The van der Waals surface area contributed by atoms with Crippen LogP contribution in [0, 0.1) is 6.92 Å². The van der Waals surface area contributed by atoms with E-state index in [1.807, 2.05) is 63.6 Å². The highest BCUT2D eigenvalue weighted by atomic mass is 16.7. The molecule has 3 aliphatic heterocycles. The van der Waals surface area contributed by atoms with Crippen LogP contribution in [0.15, 0.2) is 24.3 Å². The summed E-state index contributed by atoms with van der Waals surface area (Å²) in [5, 5.41) is 17.6. The average molecular weight is 466 g/mol. The van der Waals surface area contributed by atoms with Crippen molar-refractivity contribution in [2.24, 2.45) is 0 Å². The van der Waals surface area contributed by atoms with Gasteiger partial charge in [0, 0.05) is 25.3 Å². The largest absolute Gasteiger partial charge is 0.495 e. The van der Waals surface area contributed by atoms with Crippen LogP contribution in [0.3, 0.4) is 0 Å². The molecule has 5 rings (SSSR count). The van der Waals surface area contributed by atoms with Gasteiger partial charge in [-0.05, 0) is 77.0 Å². The molecule has 8 nitrogen and oxygen atoms in total. The molecule has 9 heteroatoms. The first-order valence-electron chi connectivity index (χ1n) is 12.3. The van der Waals surface area contributed by atoms with Crippen LogP contribution in [-0.4, -0.2) is 63.2 Å². The highest BCUT2D eigenvalue weighted by Crippen LogP contribution is 2.37. The van der Waals surface area contributed by atoms with E-state index in [0.29, 0.717) is 12.2 Å². The first-order valence-corrected chi connectivity index (χ1v) is 12.3. The van der Waals surface area contributed by atoms with E-state index in [-0.39, 0.29) is 18.1 Å². The average Bonchev–Trinajstić information content (AvgIpc) is 3.45. The highest BCUT2D eigenvalue weighted by Gasteiger charge is 2.52. The van der Waals surface area contributed by atoms with E-state index < -0.39 is 18.3 Å². The molecule has 2 N–H and O–H groups in total. The molecule has 0 radical (unpaired) electrons. The summed E-state index contributed by atoms with van der Waals surface area (Å²) in [7, 11) is -0.488. The molecule has 4 heterocycles. The molecule has 1 amide bonds. The Morgan fingerprint density at radius 2 is 1.91 bits per heavy atom. The minimum Gasteiger partial charge on any atom is -0.399 e. The molecule has 2 atom stereocenters. The number of amides is 1. The summed E-state index contributed by atoms with van der Waals surface area (Å²) in [6, 6.07) is 7.91. The van der Waals surface area contributed by atoms with Crippen LogP contribution in [-0.2, 0) is 15.9 Å². The predicted molar refractivity (Wildman–Crippen MR) is 131 cm³/mol. The molecule has 34 heavy (non-hydrogen) atoms.